The van der Waals surface area contributed by atoms with Crippen molar-refractivity contribution in [2.24, 2.45) is 0 Å². The highest BCUT2D eigenvalue weighted by Gasteiger charge is 2.28. The molecule has 0 radical (unpaired) electrons. The van der Waals surface area contributed by atoms with Crippen LogP contribution in [-0.4, -0.2) is 81.1 Å². The Kier molecular flexibility index (Phi) is 11.8. The maximum Gasteiger partial charge on any atom is 0.255 e. The zero-order valence-corrected chi connectivity index (χ0v) is 25.8. The van der Waals surface area contributed by atoms with Crippen molar-refractivity contribution in [3.63, 3.8) is 0 Å². The van der Waals surface area contributed by atoms with Crippen LogP contribution in [0.1, 0.15) is 34.3 Å². The van der Waals surface area contributed by atoms with Crippen LogP contribution >= 0.6 is 0 Å². The van der Waals surface area contributed by atoms with Gasteiger partial charge in [-0.3, -0.25) is 19.2 Å². The van der Waals surface area contributed by atoms with Crippen molar-refractivity contribution in [2.45, 2.75) is 38.3 Å². The first-order valence-corrected chi connectivity index (χ1v) is 14.9. The van der Waals surface area contributed by atoms with Gasteiger partial charge in [0.25, 0.3) is 5.91 Å². The number of ether oxygens (including phenoxy) is 3. The molecule has 1 heterocycles. The van der Waals surface area contributed by atoms with Crippen molar-refractivity contribution >= 4 is 23.6 Å². The number of fused-ring (bicyclic) bond motifs is 1. The van der Waals surface area contributed by atoms with E-state index < -0.39 is 29.8 Å². The van der Waals surface area contributed by atoms with Crippen molar-refractivity contribution in [1.82, 2.24) is 20.9 Å². The number of benzene rings is 3. The molecule has 11 nitrogen and oxygen atoms in total. The first-order valence-electron chi connectivity index (χ1n) is 14.9. The summed E-state index contributed by atoms with van der Waals surface area (Å²) in [5.74, 6) is -0.238. The van der Waals surface area contributed by atoms with E-state index in [-0.39, 0.29) is 50.6 Å². The highest BCUT2D eigenvalue weighted by Crippen LogP contribution is 2.27. The minimum Gasteiger partial charge on any atom is -0.493 e. The number of aryl methyl sites for hydroxylation is 1. The molecule has 0 saturated carbocycles. The van der Waals surface area contributed by atoms with Crippen molar-refractivity contribution in [3.8, 4) is 17.2 Å². The van der Waals surface area contributed by atoms with Crippen molar-refractivity contribution < 1.29 is 33.4 Å². The molecule has 0 spiro atoms. The summed E-state index contributed by atoms with van der Waals surface area (Å²) >= 11 is 0. The topological polar surface area (TPSA) is 135 Å². The van der Waals surface area contributed by atoms with Gasteiger partial charge in [0.2, 0.25) is 17.7 Å². The Morgan fingerprint density at radius 3 is 2.53 bits per heavy atom. The number of carbonyl (C=O) groups excluding carboxylic acids is 4. The third kappa shape index (κ3) is 9.46. The van der Waals surface area contributed by atoms with Gasteiger partial charge in [-0.15, -0.1) is 0 Å². The van der Waals surface area contributed by atoms with Crippen LogP contribution in [0.2, 0.25) is 0 Å². The minimum atomic E-state index is -1.04. The first-order chi connectivity index (χ1) is 21.7. The third-order valence-corrected chi connectivity index (χ3v) is 7.37. The van der Waals surface area contributed by atoms with E-state index in [2.05, 4.69) is 16.0 Å². The average molecular weight is 617 g/mol. The molecule has 4 amide bonds. The van der Waals surface area contributed by atoms with Gasteiger partial charge in [-0.1, -0.05) is 48.5 Å². The summed E-state index contributed by atoms with van der Waals surface area (Å²) < 4.78 is 17.1. The number of nitrogens with one attached hydrogen (secondary N) is 3. The fourth-order valence-corrected chi connectivity index (χ4v) is 4.90. The number of hydrogen-bond acceptors (Lipinski definition) is 7. The van der Waals surface area contributed by atoms with Crippen molar-refractivity contribution in [3.05, 3.63) is 89.5 Å². The molecule has 0 aliphatic carbocycles. The first kappa shape index (κ1) is 32.8. The Hall–Kier alpha value is -5.06. The minimum absolute atomic E-state index is 0.00115. The molecule has 0 fully saturated rings. The quantitative estimate of drug-likeness (QED) is 0.331. The van der Waals surface area contributed by atoms with Gasteiger partial charge in [-0.25, -0.2) is 0 Å². The monoisotopic (exact) mass is 616 g/mol. The lowest BCUT2D eigenvalue weighted by atomic mass is 10.0. The third-order valence-electron chi connectivity index (χ3n) is 7.37. The summed E-state index contributed by atoms with van der Waals surface area (Å²) in [7, 11) is 3.20. The second-order valence-corrected chi connectivity index (χ2v) is 10.8. The highest BCUT2D eigenvalue weighted by atomic mass is 16.5. The van der Waals surface area contributed by atoms with Crippen LogP contribution in [0.25, 0.3) is 0 Å². The molecule has 2 atom stereocenters. The average Bonchev–Trinajstić information content (AvgIpc) is 3.05. The largest absolute Gasteiger partial charge is 0.493 e. The number of para-hydroxylation sites is 1. The van der Waals surface area contributed by atoms with Crippen molar-refractivity contribution in [1.29, 1.82) is 0 Å². The lowest BCUT2D eigenvalue weighted by Crippen LogP contribution is -2.50. The molecule has 3 aromatic carbocycles. The van der Waals surface area contributed by atoms with Gasteiger partial charge in [-0.05, 0) is 48.7 Å². The van der Waals surface area contributed by atoms with Crippen LogP contribution in [0, 0.1) is 6.92 Å². The van der Waals surface area contributed by atoms with Gasteiger partial charge in [0.05, 0.1) is 25.8 Å². The van der Waals surface area contributed by atoms with Crippen LogP contribution in [0.15, 0.2) is 72.8 Å². The fraction of sp³-hybridized carbons (Fsp3) is 0.353. The lowest BCUT2D eigenvalue weighted by Gasteiger charge is -2.25. The summed E-state index contributed by atoms with van der Waals surface area (Å²) in [5, 5.41) is 8.39. The predicted octanol–water partition coefficient (Wildman–Crippen LogP) is 2.66. The standard InChI is InChI=1S/C34H40N4O7/c1-23-13-15-29(30(21-23)43-3)44-19-17-35-33(41)26-14-16-31(39)36-27(22-24-9-5-4-6-10-24)34(42)38(2)18-20-45-28-12-8-7-11-25(28)32(40)37-26/h4-13,15,21,26-27H,14,16-20,22H2,1-3H3,(H,35,41)(H,36,39)(H,37,40)/t26-,27+/m0/s1. The van der Waals surface area contributed by atoms with Crippen LogP contribution in [-0.2, 0) is 20.8 Å². The number of rotatable bonds is 8. The van der Waals surface area contributed by atoms with E-state index >= 15 is 0 Å². The Labute approximate surface area is 263 Å². The number of carbonyl (C=O) groups is 4. The summed E-state index contributed by atoms with van der Waals surface area (Å²) in [6, 6.07) is 19.8. The number of amides is 4. The van der Waals surface area contributed by atoms with Crippen LogP contribution in [0.5, 0.6) is 17.2 Å². The van der Waals surface area contributed by atoms with Gasteiger partial charge < -0.3 is 35.1 Å². The predicted molar refractivity (Wildman–Crippen MR) is 168 cm³/mol. The molecule has 238 valence electrons. The number of hydrogen-bond donors (Lipinski definition) is 3. The van der Waals surface area contributed by atoms with Crippen LogP contribution in [0.3, 0.4) is 0 Å². The molecule has 3 aromatic rings. The molecule has 1 aliphatic rings. The van der Waals surface area contributed by atoms with E-state index in [1.807, 2.05) is 49.4 Å². The van der Waals surface area contributed by atoms with Gasteiger partial charge >= 0.3 is 0 Å². The van der Waals surface area contributed by atoms with Gasteiger partial charge in [0.15, 0.2) is 11.5 Å². The molecule has 45 heavy (non-hydrogen) atoms. The molecule has 0 bridgehead atoms. The highest BCUT2D eigenvalue weighted by molar-refractivity contribution is 5.99. The van der Waals surface area contributed by atoms with E-state index in [1.54, 1.807) is 44.5 Å². The van der Waals surface area contributed by atoms with E-state index in [4.69, 9.17) is 14.2 Å². The van der Waals surface area contributed by atoms with E-state index in [1.165, 1.54) is 4.90 Å². The molecular weight excluding hydrogens is 576 g/mol. The Balaban J connectivity index is 1.49. The summed E-state index contributed by atoms with van der Waals surface area (Å²) in [5.41, 5.74) is 2.15. The zero-order valence-electron chi connectivity index (χ0n) is 25.8. The Morgan fingerprint density at radius 1 is 1.00 bits per heavy atom. The van der Waals surface area contributed by atoms with Crippen molar-refractivity contribution in [2.75, 3.05) is 40.5 Å². The molecule has 11 heteroatoms. The van der Waals surface area contributed by atoms with Gasteiger partial charge in [0.1, 0.15) is 31.0 Å². The molecule has 1 aliphatic heterocycles. The fourth-order valence-electron chi connectivity index (χ4n) is 4.90. The zero-order chi connectivity index (χ0) is 32.2. The van der Waals surface area contributed by atoms with Gasteiger partial charge in [-0.2, -0.15) is 0 Å². The second kappa shape index (κ2) is 16.1. The van der Waals surface area contributed by atoms with Crippen LogP contribution < -0.4 is 30.2 Å². The van der Waals surface area contributed by atoms with Crippen LogP contribution in [0.4, 0.5) is 0 Å². The summed E-state index contributed by atoms with van der Waals surface area (Å²) in [6.45, 7) is 2.60. The molecule has 4 rings (SSSR count). The molecule has 3 N–H and O–H groups in total. The second-order valence-electron chi connectivity index (χ2n) is 10.8. The molecular formula is C34H40N4O7. The number of likely N-dealkylation sites (N-methyl/N-ethyl adjacent to an activating group) is 1. The smallest absolute Gasteiger partial charge is 0.255 e. The SMILES string of the molecule is COc1cc(C)ccc1OCCNC(=O)[C@@H]1CCC(=O)N[C@H](Cc2ccccc2)C(=O)N(C)CCOc2ccccc2C(=O)N1. The summed E-state index contributed by atoms with van der Waals surface area (Å²) in [6.07, 6.45) is 0.197. The molecule has 0 saturated heterocycles. The number of methoxy groups -OCH3 is 1. The van der Waals surface area contributed by atoms with E-state index in [0.717, 1.165) is 11.1 Å². The molecule has 0 unspecified atom stereocenters. The van der Waals surface area contributed by atoms with E-state index in [0.29, 0.717) is 23.7 Å². The van der Waals surface area contributed by atoms with Gasteiger partial charge in [0, 0.05) is 19.9 Å². The molecule has 0 aromatic heterocycles. The van der Waals surface area contributed by atoms with E-state index in [9.17, 15) is 19.2 Å². The maximum absolute atomic E-state index is 13.4. The lowest BCUT2D eigenvalue weighted by molar-refractivity contribution is -0.135. The Morgan fingerprint density at radius 2 is 1.76 bits per heavy atom. The normalized spacial score (nSPS) is 17.8. The summed E-state index contributed by atoms with van der Waals surface area (Å²) in [4.78, 5) is 54.7. The Bertz CT molecular complexity index is 1480. The number of nitrogens with zero attached hydrogens (tertiary/aromatic N) is 1. The maximum atomic E-state index is 13.4.